The van der Waals surface area contributed by atoms with E-state index in [1.54, 1.807) is 6.08 Å². The number of carbonyl (C=O) groups excluding carboxylic acids is 2. The van der Waals surface area contributed by atoms with E-state index < -0.39 is 67.4 Å². The molecule has 0 aromatic heterocycles. The molecule has 1 aliphatic heterocycles. The first-order chi connectivity index (χ1) is 40.7. The highest BCUT2D eigenvalue weighted by atomic mass is 16.7. The van der Waals surface area contributed by atoms with Crippen LogP contribution in [0.5, 0.6) is 0 Å². The number of amides is 1. The zero-order chi connectivity index (χ0) is 60.3. The number of nitrogens with one attached hydrogen (secondary N) is 1. The van der Waals surface area contributed by atoms with E-state index in [4.69, 9.17) is 14.2 Å². The molecule has 11 nitrogen and oxygen atoms in total. The number of aliphatic hydroxyl groups is 5. The molecule has 1 amide bonds. The molecule has 486 valence electrons. The van der Waals surface area contributed by atoms with Gasteiger partial charge >= 0.3 is 5.97 Å². The fraction of sp³-hybridized carbons (Fsp3) is 0.861. The molecule has 83 heavy (non-hydrogen) atoms. The number of ether oxygens (including phenoxy) is 3. The third-order valence-corrected chi connectivity index (χ3v) is 16.7. The van der Waals surface area contributed by atoms with Crippen molar-refractivity contribution < 1.29 is 49.3 Å². The minimum atomic E-state index is -1.61. The Kier molecular flexibility index (Phi) is 56.8. The second-order valence-corrected chi connectivity index (χ2v) is 24.6. The summed E-state index contributed by atoms with van der Waals surface area (Å²) in [6.45, 7) is 5.78. The van der Waals surface area contributed by atoms with Crippen LogP contribution >= 0.6 is 0 Å². The first kappa shape index (κ1) is 78.6. The SMILES string of the molecule is CCCCC/C=C\C/C=C\CCCCCCCCC(O)C(=O)NC(COC1OC(CO)C(O)C(O)C1OC(=O)CCCCCCCCCCCCCCCCCCC/C=C/CCCCCCCC)C(O)/C=C/CCCCCCCCCCC. The Labute approximate surface area is 510 Å². The lowest BCUT2D eigenvalue weighted by Gasteiger charge is -2.41. The highest BCUT2D eigenvalue weighted by Crippen LogP contribution is 2.26. The lowest BCUT2D eigenvalue weighted by Crippen LogP contribution is -2.61. The summed E-state index contributed by atoms with van der Waals surface area (Å²) in [5.74, 6) is -1.19. The fourth-order valence-electron chi connectivity index (χ4n) is 11.1. The first-order valence-electron chi connectivity index (χ1n) is 35.4. The van der Waals surface area contributed by atoms with Gasteiger partial charge in [0.2, 0.25) is 5.91 Å². The van der Waals surface area contributed by atoms with Crippen molar-refractivity contribution in [2.24, 2.45) is 0 Å². The molecule has 0 aliphatic carbocycles. The summed E-state index contributed by atoms with van der Waals surface area (Å²) in [6, 6.07) is -1.03. The van der Waals surface area contributed by atoms with Gasteiger partial charge in [-0.2, -0.15) is 0 Å². The van der Waals surface area contributed by atoms with Crippen molar-refractivity contribution in [2.75, 3.05) is 13.2 Å². The molecule has 8 unspecified atom stereocenters. The van der Waals surface area contributed by atoms with Crippen LogP contribution in [0.4, 0.5) is 0 Å². The van der Waals surface area contributed by atoms with E-state index in [2.05, 4.69) is 62.5 Å². The molecule has 0 saturated carbocycles. The van der Waals surface area contributed by atoms with Crippen molar-refractivity contribution >= 4 is 11.9 Å². The number of hydrogen-bond acceptors (Lipinski definition) is 10. The van der Waals surface area contributed by atoms with Crippen LogP contribution in [0.1, 0.15) is 335 Å². The topological polar surface area (TPSA) is 175 Å². The van der Waals surface area contributed by atoms with Crippen LogP contribution in [0, 0.1) is 0 Å². The molecule has 1 rings (SSSR count). The molecule has 1 heterocycles. The van der Waals surface area contributed by atoms with Gasteiger partial charge in [0, 0.05) is 6.42 Å². The Bertz CT molecular complexity index is 1540. The molecule has 6 N–H and O–H groups in total. The predicted molar refractivity (Wildman–Crippen MR) is 347 cm³/mol. The zero-order valence-electron chi connectivity index (χ0n) is 54.1. The molecule has 8 atom stereocenters. The Morgan fingerprint density at radius 2 is 0.831 bits per heavy atom. The summed E-state index contributed by atoms with van der Waals surface area (Å²) in [7, 11) is 0. The van der Waals surface area contributed by atoms with Gasteiger partial charge in [-0.3, -0.25) is 9.59 Å². The van der Waals surface area contributed by atoms with Gasteiger partial charge in [0.1, 0.15) is 24.4 Å². The van der Waals surface area contributed by atoms with Gasteiger partial charge in [0.15, 0.2) is 12.4 Å². The van der Waals surface area contributed by atoms with Crippen molar-refractivity contribution in [3.8, 4) is 0 Å². The van der Waals surface area contributed by atoms with E-state index in [1.807, 2.05) is 6.08 Å². The lowest BCUT2D eigenvalue weighted by atomic mass is 9.99. The highest BCUT2D eigenvalue weighted by Gasteiger charge is 2.47. The largest absolute Gasteiger partial charge is 0.454 e. The van der Waals surface area contributed by atoms with Gasteiger partial charge in [-0.05, 0) is 83.5 Å². The number of allylic oxidation sites excluding steroid dienone is 7. The summed E-state index contributed by atoms with van der Waals surface area (Å²) < 4.78 is 17.7. The van der Waals surface area contributed by atoms with Gasteiger partial charge in [0.05, 0.1) is 25.4 Å². The molecule has 0 aromatic rings. The van der Waals surface area contributed by atoms with Crippen LogP contribution < -0.4 is 5.32 Å². The summed E-state index contributed by atoms with van der Waals surface area (Å²) in [5.41, 5.74) is 0. The van der Waals surface area contributed by atoms with Crippen LogP contribution in [-0.4, -0.2) is 99.6 Å². The molecule has 0 bridgehead atoms. The molecule has 1 aliphatic rings. The molecule has 1 fully saturated rings. The second-order valence-electron chi connectivity index (χ2n) is 24.6. The summed E-state index contributed by atoms with van der Waals surface area (Å²) in [6.07, 6.45) is 64.5. The summed E-state index contributed by atoms with van der Waals surface area (Å²) >= 11 is 0. The lowest BCUT2D eigenvalue weighted by molar-refractivity contribution is -0.305. The van der Waals surface area contributed by atoms with Gasteiger partial charge in [-0.1, -0.05) is 294 Å². The summed E-state index contributed by atoms with van der Waals surface area (Å²) in [5, 5.41) is 57.1. The monoisotopic (exact) mass is 1170 g/mol. The number of rotatable bonds is 61. The Morgan fingerprint density at radius 3 is 1.27 bits per heavy atom. The second kappa shape index (κ2) is 59.9. The molecule has 0 radical (unpaired) electrons. The molecular weight excluding hydrogens is 1040 g/mol. The Hall–Kier alpha value is -2.38. The van der Waals surface area contributed by atoms with Crippen LogP contribution in [0.25, 0.3) is 0 Å². The number of carbonyl (C=O) groups is 2. The number of unbranched alkanes of at least 4 members (excludes halogenated alkanes) is 41. The quantitative estimate of drug-likeness (QED) is 0.0195. The van der Waals surface area contributed by atoms with Crippen molar-refractivity contribution in [1.29, 1.82) is 0 Å². The van der Waals surface area contributed by atoms with E-state index in [0.717, 1.165) is 83.5 Å². The van der Waals surface area contributed by atoms with Crippen molar-refractivity contribution in [1.82, 2.24) is 5.32 Å². The standard InChI is InChI=1S/C72H133NO10/c1-4-7-10-13-16-19-22-24-26-28-29-30-31-32-33-34-35-36-37-38-40-42-45-48-51-54-57-60-67(77)83-70-69(79)68(78)66(61-74)82-72(70)81-62-63(64(75)58-55-52-49-46-43-21-18-15-12-9-6-3)73-71(80)65(76)59-56-53-50-47-44-41-39-27-25-23-20-17-14-11-8-5-2/h17,20,24-27,55,58,63-66,68-70,72,74-76,78-79H,4-16,18-19,21-23,28-54,56-57,59-62H2,1-3H3,(H,73,80)/b20-17-,26-24+,27-25-,58-55+. The molecule has 11 heteroatoms. The van der Waals surface area contributed by atoms with E-state index >= 15 is 0 Å². The van der Waals surface area contributed by atoms with Crippen molar-refractivity contribution in [3.05, 3.63) is 48.6 Å². The Morgan fingerprint density at radius 1 is 0.470 bits per heavy atom. The molecule has 0 aromatic carbocycles. The van der Waals surface area contributed by atoms with Gasteiger partial charge in [-0.15, -0.1) is 0 Å². The van der Waals surface area contributed by atoms with Crippen LogP contribution in [0.3, 0.4) is 0 Å². The van der Waals surface area contributed by atoms with E-state index in [-0.39, 0.29) is 19.4 Å². The average molecular weight is 1170 g/mol. The third kappa shape index (κ3) is 47.4. The number of hydrogen-bond donors (Lipinski definition) is 6. The molecular formula is C72H133NO10. The van der Waals surface area contributed by atoms with E-state index in [0.29, 0.717) is 12.8 Å². The predicted octanol–water partition coefficient (Wildman–Crippen LogP) is 18.0. The van der Waals surface area contributed by atoms with E-state index in [1.165, 1.54) is 205 Å². The van der Waals surface area contributed by atoms with Crippen LogP contribution in [0.15, 0.2) is 48.6 Å². The maximum atomic E-state index is 13.4. The van der Waals surface area contributed by atoms with Gasteiger partial charge < -0.3 is 45.1 Å². The fourth-order valence-corrected chi connectivity index (χ4v) is 11.1. The van der Waals surface area contributed by atoms with E-state index in [9.17, 15) is 35.1 Å². The maximum absolute atomic E-state index is 13.4. The average Bonchev–Trinajstić information content (AvgIpc) is 3.52. The highest BCUT2D eigenvalue weighted by molar-refractivity contribution is 5.80. The molecule has 0 spiro atoms. The minimum Gasteiger partial charge on any atom is -0.454 e. The first-order valence-corrected chi connectivity index (χ1v) is 35.4. The smallest absolute Gasteiger partial charge is 0.306 e. The Balaban J connectivity index is 2.52. The normalized spacial score (nSPS) is 18.8. The minimum absolute atomic E-state index is 0.126. The number of esters is 1. The van der Waals surface area contributed by atoms with Crippen molar-refractivity contribution in [3.63, 3.8) is 0 Å². The van der Waals surface area contributed by atoms with Crippen LogP contribution in [0.2, 0.25) is 0 Å². The van der Waals surface area contributed by atoms with Gasteiger partial charge in [-0.25, -0.2) is 0 Å². The summed E-state index contributed by atoms with van der Waals surface area (Å²) in [4.78, 5) is 26.6. The number of aliphatic hydroxyl groups excluding tert-OH is 5. The van der Waals surface area contributed by atoms with Gasteiger partial charge in [0.25, 0.3) is 0 Å². The van der Waals surface area contributed by atoms with Crippen LogP contribution in [-0.2, 0) is 23.8 Å². The molecule has 1 saturated heterocycles. The zero-order valence-corrected chi connectivity index (χ0v) is 54.1. The van der Waals surface area contributed by atoms with Crippen molar-refractivity contribution in [2.45, 2.75) is 384 Å². The third-order valence-electron chi connectivity index (χ3n) is 16.7. The maximum Gasteiger partial charge on any atom is 0.306 e.